The number of carbonyl (C=O) groups is 2. The summed E-state index contributed by atoms with van der Waals surface area (Å²) in [6.45, 7) is 2.18. The van der Waals surface area contributed by atoms with Crippen molar-refractivity contribution in [1.82, 2.24) is 9.88 Å². The van der Waals surface area contributed by atoms with E-state index < -0.39 is 5.97 Å². The van der Waals surface area contributed by atoms with Gasteiger partial charge < -0.3 is 10.0 Å². The second kappa shape index (κ2) is 8.47. The normalized spacial score (nSPS) is 9.24. The predicted molar refractivity (Wildman–Crippen MR) is 79.8 cm³/mol. The van der Waals surface area contributed by atoms with Gasteiger partial charge in [0.2, 0.25) is 5.91 Å². The van der Waals surface area contributed by atoms with Crippen LogP contribution in [0.1, 0.15) is 22.8 Å². The van der Waals surface area contributed by atoms with Gasteiger partial charge in [-0.3, -0.25) is 9.78 Å². The molecule has 0 fully saturated rings. The number of benzene rings is 1. The van der Waals surface area contributed by atoms with Gasteiger partial charge >= 0.3 is 5.97 Å². The number of aromatic carboxylic acids is 1. The first kappa shape index (κ1) is 16.4. The van der Waals surface area contributed by atoms with E-state index in [-0.39, 0.29) is 5.91 Å². The molecule has 0 aliphatic heterocycles. The molecule has 1 amide bonds. The highest BCUT2D eigenvalue weighted by atomic mass is 16.4. The molecule has 2 aromatic rings. The van der Waals surface area contributed by atoms with Gasteiger partial charge in [0.05, 0.1) is 5.56 Å². The van der Waals surface area contributed by atoms with Gasteiger partial charge in [-0.15, -0.1) is 0 Å². The maximum Gasteiger partial charge on any atom is 0.335 e. The first-order valence-corrected chi connectivity index (χ1v) is 6.39. The number of hydrogen-bond donors (Lipinski definition) is 1. The highest BCUT2D eigenvalue weighted by Gasteiger charge is 2.01. The van der Waals surface area contributed by atoms with Crippen molar-refractivity contribution in [3.8, 4) is 0 Å². The van der Waals surface area contributed by atoms with Crippen LogP contribution >= 0.6 is 0 Å². The number of rotatable bonds is 3. The Morgan fingerprint density at radius 2 is 1.81 bits per heavy atom. The molecule has 0 saturated carbocycles. The third-order valence-corrected chi connectivity index (χ3v) is 2.70. The Morgan fingerprint density at radius 1 is 1.14 bits per heavy atom. The molecule has 1 N–H and O–H groups in total. The van der Waals surface area contributed by atoms with Gasteiger partial charge in [0.15, 0.2) is 0 Å². The highest BCUT2D eigenvalue weighted by molar-refractivity contribution is 5.87. The van der Waals surface area contributed by atoms with Crippen LogP contribution < -0.4 is 0 Å². The SMILES string of the molecule is CC(=O)N(C)Cc1cccnc1.O=C(O)c1ccccc1. The molecule has 1 aromatic heterocycles. The average Bonchev–Trinajstić information content (AvgIpc) is 2.49. The summed E-state index contributed by atoms with van der Waals surface area (Å²) >= 11 is 0. The van der Waals surface area contributed by atoms with E-state index >= 15 is 0 Å². The number of aromatic nitrogens is 1. The maximum absolute atomic E-state index is 10.9. The minimum atomic E-state index is -0.879. The second-order valence-electron chi connectivity index (χ2n) is 4.41. The van der Waals surface area contributed by atoms with E-state index in [2.05, 4.69) is 4.98 Å². The summed E-state index contributed by atoms with van der Waals surface area (Å²) in [5, 5.41) is 8.38. The maximum atomic E-state index is 10.9. The number of nitrogens with zero attached hydrogens (tertiary/aromatic N) is 2. The number of pyridine rings is 1. The lowest BCUT2D eigenvalue weighted by Gasteiger charge is -2.13. The molecule has 1 aromatic carbocycles. The van der Waals surface area contributed by atoms with Gasteiger partial charge in [0, 0.05) is 32.9 Å². The Kier molecular flexibility index (Phi) is 6.60. The molecule has 5 nitrogen and oxygen atoms in total. The molecule has 0 atom stereocenters. The van der Waals surface area contributed by atoms with E-state index in [0.29, 0.717) is 12.1 Å². The van der Waals surface area contributed by atoms with E-state index in [1.807, 2.05) is 12.1 Å². The quantitative estimate of drug-likeness (QED) is 0.940. The zero-order valence-corrected chi connectivity index (χ0v) is 12.1. The van der Waals surface area contributed by atoms with Crippen LogP contribution in [-0.4, -0.2) is 33.9 Å². The number of carbonyl (C=O) groups excluding carboxylic acids is 1. The summed E-state index contributed by atoms with van der Waals surface area (Å²) in [7, 11) is 1.77. The van der Waals surface area contributed by atoms with Crippen LogP contribution in [0.25, 0.3) is 0 Å². The summed E-state index contributed by atoms with van der Waals surface area (Å²) in [6.07, 6.45) is 3.48. The van der Waals surface area contributed by atoms with Crippen molar-refractivity contribution in [2.75, 3.05) is 7.05 Å². The van der Waals surface area contributed by atoms with Crippen LogP contribution in [0.15, 0.2) is 54.9 Å². The van der Waals surface area contributed by atoms with E-state index in [9.17, 15) is 9.59 Å². The molecule has 5 heteroatoms. The first-order chi connectivity index (χ1) is 10.0. The van der Waals surface area contributed by atoms with Gasteiger partial charge in [0.25, 0.3) is 0 Å². The van der Waals surface area contributed by atoms with Crippen LogP contribution in [0.5, 0.6) is 0 Å². The molecule has 2 rings (SSSR count). The molecule has 1 heterocycles. The number of amides is 1. The monoisotopic (exact) mass is 286 g/mol. The van der Waals surface area contributed by atoms with Gasteiger partial charge in [-0.2, -0.15) is 0 Å². The minimum absolute atomic E-state index is 0.0684. The molecule has 0 bridgehead atoms. The minimum Gasteiger partial charge on any atom is -0.478 e. The fourth-order valence-corrected chi connectivity index (χ4v) is 1.46. The van der Waals surface area contributed by atoms with Crippen LogP contribution in [0.3, 0.4) is 0 Å². The molecular weight excluding hydrogens is 268 g/mol. The van der Waals surface area contributed by atoms with Gasteiger partial charge in [-0.05, 0) is 23.8 Å². The van der Waals surface area contributed by atoms with Crippen molar-refractivity contribution >= 4 is 11.9 Å². The number of hydrogen-bond acceptors (Lipinski definition) is 3. The predicted octanol–water partition coefficient (Wildman–Crippen LogP) is 2.44. The lowest BCUT2D eigenvalue weighted by atomic mass is 10.2. The van der Waals surface area contributed by atoms with Crippen LogP contribution in [0.2, 0.25) is 0 Å². The molecule has 0 aliphatic rings. The molecule has 0 radical (unpaired) electrons. The Labute approximate surface area is 123 Å². The summed E-state index contributed by atoms with van der Waals surface area (Å²) in [5.74, 6) is -0.811. The molecule has 0 aliphatic carbocycles. The number of carboxylic acid groups (broad SMARTS) is 1. The number of carboxylic acids is 1. The molecule has 21 heavy (non-hydrogen) atoms. The van der Waals surface area contributed by atoms with Gasteiger partial charge in [-0.25, -0.2) is 4.79 Å². The molecule has 0 saturated heterocycles. The highest BCUT2D eigenvalue weighted by Crippen LogP contribution is 2.00. The summed E-state index contributed by atoms with van der Waals surface area (Å²) in [4.78, 5) is 26.7. The molecule has 110 valence electrons. The fourth-order valence-electron chi connectivity index (χ4n) is 1.46. The van der Waals surface area contributed by atoms with Crippen molar-refractivity contribution < 1.29 is 14.7 Å². The van der Waals surface area contributed by atoms with Gasteiger partial charge in [-0.1, -0.05) is 24.3 Å². The smallest absolute Gasteiger partial charge is 0.335 e. The Balaban J connectivity index is 0.000000219. The average molecular weight is 286 g/mol. The summed E-state index contributed by atoms with van der Waals surface area (Å²) in [5.41, 5.74) is 1.38. The van der Waals surface area contributed by atoms with E-state index in [0.717, 1.165) is 5.56 Å². The van der Waals surface area contributed by atoms with Gasteiger partial charge in [0.1, 0.15) is 0 Å². The van der Waals surface area contributed by atoms with E-state index in [1.54, 1.807) is 61.6 Å². The summed E-state index contributed by atoms with van der Waals surface area (Å²) in [6, 6.07) is 12.1. The Morgan fingerprint density at radius 3 is 2.24 bits per heavy atom. The lowest BCUT2D eigenvalue weighted by molar-refractivity contribution is -0.128. The lowest BCUT2D eigenvalue weighted by Crippen LogP contribution is -2.22. The van der Waals surface area contributed by atoms with Crippen molar-refractivity contribution in [3.05, 3.63) is 66.0 Å². The first-order valence-electron chi connectivity index (χ1n) is 6.39. The Hall–Kier alpha value is -2.69. The van der Waals surface area contributed by atoms with Crippen LogP contribution in [0, 0.1) is 0 Å². The van der Waals surface area contributed by atoms with E-state index in [4.69, 9.17) is 5.11 Å². The topological polar surface area (TPSA) is 70.5 Å². The standard InChI is InChI=1S/C9H12N2O.C7H6O2/c1-8(12)11(2)7-9-4-3-5-10-6-9;8-7(9)6-4-2-1-3-5-6/h3-6H,7H2,1-2H3;1-5H,(H,8,9). The third kappa shape index (κ3) is 6.33. The Bertz CT molecular complexity index is 571. The zero-order valence-electron chi connectivity index (χ0n) is 12.1. The van der Waals surface area contributed by atoms with Crippen LogP contribution in [-0.2, 0) is 11.3 Å². The molecular formula is C16H18N2O3. The summed E-state index contributed by atoms with van der Waals surface area (Å²) < 4.78 is 0. The zero-order chi connectivity index (χ0) is 15.7. The fraction of sp³-hybridized carbons (Fsp3) is 0.188. The van der Waals surface area contributed by atoms with Crippen molar-refractivity contribution in [2.45, 2.75) is 13.5 Å². The molecule has 0 spiro atoms. The largest absolute Gasteiger partial charge is 0.478 e. The second-order valence-corrected chi connectivity index (χ2v) is 4.41. The third-order valence-electron chi connectivity index (χ3n) is 2.70. The van der Waals surface area contributed by atoms with Crippen molar-refractivity contribution in [2.24, 2.45) is 0 Å². The van der Waals surface area contributed by atoms with Crippen molar-refractivity contribution in [1.29, 1.82) is 0 Å². The van der Waals surface area contributed by atoms with Crippen molar-refractivity contribution in [3.63, 3.8) is 0 Å². The molecule has 0 unspecified atom stereocenters. The van der Waals surface area contributed by atoms with E-state index in [1.165, 1.54) is 0 Å². The van der Waals surface area contributed by atoms with Crippen LogP contribution in [0.4, 0.5) is 0 Å².